The number of carboxylic acids is 1. The number of aromatic nitrogens is 4. The largest absolute Gasteiger partial charge is 0.478 e. The summed E-state index contributed by atoms with van der Waals surface area (Å²) in [6.45, 7) is 3.66. The third kappa shape index (κ3) is 2.58. The summed E-state index contributed by atoms with van der Waals surface area (Å²) in [5, 5.41) is 10.8. The normalized spacial score (nSPS) is 11.7. The number of H-pyrrole nitrogens is 1. The van der Waals surface area contributed by atoms with Gasteiger partial charge in [-0.1, -0.05) is 0 Å². The van der Waals surface area contributed by atoms with Crippen LogP contribution in [0.4, 0.5) is 0 Å². The van der Waals surface area contributed by atoms with Crippen molar-refractivity contribution in [3.63, 3.8) is 0 Å². The number of rotatable bonds is 4. The molecule has 0 atom stereocenters. The minimum Gasteiger partial charge on any atom is -0.478 e. The topological polar surface area (TPSA) is 110 Å². The quantitative estimate of drug-likeness (QED) is 0.549. The fourth-order valence-corrected chi connectivity index (χ4v) is 4.91. The lowest BCUT2D eigenvalue weighted by molar-refractivity contribution is 0.0698. The molecule has 0 saturated carbocycles. The van der Waals surface area contributed by atoms with Crippen LogP contribution in [-0.4, -0.2) is 30.2 Å². The number of carboxylic acid groups (broad SMARTS) is 1. The maximum absolute atomic E-state index is 12.8. The first-order chi connectivity index (χ1) is 13.3. The molecule has 0 radical (unpaired) electrons. The van der Waals surface area contributed by atoms with Crippen LogP contribution in [-0.2, 0) is 13.5 Å². The van der Waals surface area contributed by atoms with Gasteiger partial charge in [-0.3, -0.25) is 13.9 Å². The SMILES string of the molecule is CC(C)n1c(=O)n(C)c(=O)c2c(C(=O)O)c(Cc3c[nH]c4ncccc34)sc21. The van der Waals surface area contributed by atoms with E-state index in [4.69, 9.17) is 0 Å². The third-order valence-electron chi connectivity index (χ3n) is 4.81. The lowest BCUT2D eigenvalue weighted by Gasteiger charge is -2.12. The van der Waals surface area contributed by atoms with Crippen LogP contribution in [0.2, 0.25) is 0 Å². The molecule has 8 nitrogen and oxygen atoms in total. The standard InChI is InChI=1S/C19H18N4O4S/c1-9(2)23-17-14(16(24)22(3)19(23)27)13(18(25)26)12(28-17)7-10-8-21-15-11(10)5-4-6-20-15/h4-6,8-9H,7H2,1-3H3,(H,20,21)(H,25,26). The minimum absolute atomic E-state index is 0.0340. The van der Waals surface area contributed by atoms with Crippen molar-refractivity contribution in [3.05, 3.63) is 61.4 Å². The number of aromatic amines is 1. The molecule has 4 rings (SSSR count). The van der Waals surface area contributed by atoms with Gasteiger partial charge in [0.2, 0.25) is 0 Å². The predicted molar refractivity (Wildman–Crippen MR) is 108 cm³/mol. The number of carbonyl (C=O) groups is 1. The minimum atomic E-state index is -1.18. The van der Waals surface area contributed by atoms with Gasteiger partial charge in [0.1, 0.15) is 10.5 Å². The van der Waals surface area contributed by atoms with Gasteiger partial charge in [-0.25, -0.2) is 14.6 Å². The van der Waals surface area contributed by atoms with Crippen molar-refractivity contribution in [1.29, 1.82) is 0 Å². The van der Waals surface area contributed by atoms with Gasteiger partial charge < -0.3 is 10.1 Å². The molecule has 0 spiro atoms. The van der Waals surface area contributed by atoms with Gasteiger partial charge in [0.25, 0.3) is 5.56 Å². The Bertz CT molecular complexity index is 1360. The van der Waals surface area contributed by atoms with Crippen LogP contribution in [0.5, 0.6) is 0 Å². The van der Waals surface area contributed by atoms with Gasteiger partial charge in [-0.05, 0) is 31.5 Å². The van der Waals surface area contributed by atoms with Crippen LogP contribution in [0, 0.1) is 0 Å². The van der Waals surface area contributed by atoms with E-state index in [1.165, 1.54) is 23.0 Å². The fraction of sp³-hybridized carbons (Fsp3) is 0.263. The number of thiophene rings is 1. The average Bonchev–Trinajstić information content (AvgIpc) is 3.22. The number of hydrogen-bond acceptors (Lipinski definition) is 5. The summed E-state index contributed by atoms with van der Waals surface area (Å²) in [7, 11) is 1.37. The summed E-state index contributed by atoms with van der Waals surface area (Å²) in [4.78, 5) is 45.7. The first-order valence-corrected chi connectivity index (χ1v) is 9.54. The Morgan fingerprint density at radius 1 is 1.36 bits per heavy atom. The molecule has 9 heteroatoms. The van der Waals surface area contributed by atoms with Gasteiger partial charge >= 0.3 is 11.7 Å². The Balaban J connectivity index is 2.04. The Hall–Kier alpha value is -3.20. The first-order valence-electron chi connectivity index (χ1n) is 8.72. The molecule has 4 aromatic rings. The smallest absolute Gasteiger partial charge is 0.337 e. The first kappa shape index (κ1) is 18.2. The molecule has 0 bridgehead atoms. The van der Waals surface area contributed by atoms with Crippen molar-refractivity contribution in [2.24, 2.45) is 7.05 Å². The molecule has 144 valence electrons. The summed E-state index contributed by atoms with van der Waals surface area (Å²) >= 11 is 1.19. The van der Waals surface area contributed by atoms with Gasteiger partial charge in [0.15, 0.2) is 0 Å². The van der Waals surface area contributed by atoms with Crippen molar-refractivity contribution < 1.29 is 9.90 Å². The van der Waals surface area contributed by atoms with Crippen LogP contribution >= 0.6 is 11.3 Å². The van der Waals surface area contributed by atoms with E-state index in [-0.39, 0.29) is 17.0 Å². The van der Waals surface area contributed by atoms with Gasteiger partial charge in [0, 0.05) is 42.2 Å². The van der Waals surface area contributed by atoms with Gasteiger partial charge in [-0.15, -0.1) is 11.3 Å². The van der Waals surface area contributed by atoms with Gasteiger partial charge in [0.05, 0.1) is 10.9 Å². The second-order valence-electron chi connectivity index (χ2n) is 6.89. The zero-order valence-electron chi connectivity index (χ0n) is 15.5. The molecule has 0 fully saturated rings. The van der Waals surface area contributed by atoms with E-state index in [1.54, 1.807) is 12.4 Å². The maximum Gasteiger partial charge on any atom is 0.337 e. The fourth-order valence-electron chi connectivity index (χ4n) is 3.47. The summed E-state index contributed by atoms with van der Waals surface area (Å²) in [5.74, 6) is -1.18. The molecule has 4 heterocycles. The molecule has 0 saturated heterocycles. The lowest BCUT2D eigenvalue weighted by atomic mass is 10.1. The van der Waals surface area contributed by atoms with Crippen molar-refractivity contribution in [2.45, 2.75) is 26.3 Å². The number of pyridine rings is 1. The Labute approximate surface area is 162 Å². The average molecular weight is 398 g/mol. The van der Waals surface area contributed by atoms with E-state index < -0.39 is 17.2 Å². The molecule has 2 N–H and O–H groups in total. The number of aromatic carboxylic acids is 1. The summed E-state index contributed by atoms with van der Waals surface area (Å²) in [5.41, 5.74) is 0.525. The Morgan fingerprint density at radius 3 is 2.79 bits per heavy atom. The molecule has 0 unspecified atom stereocenters. The molecule has 0 aliphatic carbocycles. The molecule has 4 aromatic heterocycles. The van der Waals surface area contributed by atoms with E-state index in [0.717, 1.165) is 15.5 Å². The van der Waals surface area contributed by atoms with E-state index in [9.17, 15) is 19.5 Å². The molecule has 28 heavy (non-hydrogen) atoms. The summed E-state index contributed by atoms with van der Waals surface area (Å²) in [6.07, 6.45) is 3.79. The summed E-state index contributed by atoms with van der Waals surface area (Å²) < 4.78 is 2.45. The van der Waals surface area contributed by atoms with E-state index in [2.05, 4.69) is 9.97 Å². The van der Waals surface area contributed by atoms with E-state index in [0.29, 0.717) is 21.8 Å². The van der Waals surface area contributed by atoms with E-state index >= 15 is 0 Å². The zero-order valence-corrected chi connectivity index (χ0v) is 16.3. The Kier molecular flexibility index (Phi) is 4.19. The zero-order chi connectivity index (χ0) is 20.2. The third-order valence-corrected chi connectivity index (χ3v) is 6.00. The summed E-state index contributed by atoms with van der Waals surface area (Å²) in [6, 6.07) is 3.51. The molecule has 0 amide bonds. The second kappa shape index (κ2) is 6.45. The van der Waals surface area contributed by atoms with Gasteiger partial charge in [-0.2, -0.15) is 0 Å². The van der Waals surface area contributed by atoms with Crippen LogP contribution in [0.3, 0.4) is 0 Å². The molecule has 0 aromatic carbocycles. The highest BCUT2D eigenvalue weighted by molar-refractivity contribution is 7.19. The highest BCUT2D eigenvalue weighted by Crippen LogP contribution is 2.33. The highest BCUT2D eigenvalue weighted by Gasteiger charge is 2.26. The molecular formula is C19H18N4O4S. The maximum atomic E-state index is 12.8. The number of nitrogens with one attached hydrogen (secondary N) is 1. The molecule has 0 aliphatic heterocycles. The van der Waals surface area contributed by atoms with E-state index in [1.807, 2.05) is 26.0 Å². The van der Waals surface area contributed by atoms with Crippen LogP contribution in [0.25, 0.3) is 21.3 Å². The van der Waals surface area contributed by atoms with Crippen LogP contribution in [0.1, 0.15) is 40.7 Å². The highest BCUT2D eigenvalue weighted by atomic mass is 32.1. The van der Waals surface area contributed by atoms with Crippen molar-refractivity contribution in [1.82, 2.24) is 19.1 Å². The van der Waals surface area contributed by atoms with Crippen LogP contribution in [0.15, 0.2) is 34.1 Å². The molecule has 0 aliphatic rings. The number of hydrogen-bond donors (Lipinski definition) is 2. The van der Waals surface area contributed by atoms with Crippen molar-refractivity contribution in [2.75, 3.05) is 0 Å². The molecular weight excluding hydrogens is 380 g/mol. The van der Waals surface area contributed by atoms with Crippen molar-refractivity contribution >= 4 is 38.6 Å². The number of fused-ring (bicyclic) bond motifs is 2. The lowest BCUT2D eigenvalue weighted by Crippen LogP contribution is -2.38. The van der Waals surface area contributed by atoms with Crippen molar-refractivity contribution in [3.8, 4) is 0 Å². The monoisotopic (exact) mass is 398 g/mol. The second-order valence-corrected chi connectivity index (χ2v) is 7.97. The van der Waals surface area contributed by atoms with Crippen LogP contribution < -0.4 is 11.2 Å². The number of nitrogens with zero attached hydrogens (tertiary/aromatic N) is 3. The Morgan fingerprint density at radius 2 is 2.11 bits per heavy atom. The predicted octanol–water partition coefficient (Wildman–Crippen LogP) is 2.51.